The van der Waals surface area contributed by atoms with Gasteiger partial charge in [-0.1, -0.05) is 11.6 Å². The summed E-state index contributed by atoms with van der Waals surface area (Å²) in [6, 6.07) is 2.65. The Morgan fingerprint density at radius 3 is 2.87 bits per heavy atom. The number of hydrogen-bond donors (Lipinski definition) is 2. The molecule has 0 aliphatic carbocycles. The first kappa shape index (κ1) is 17.5. The van der Waals surface area contributed by atoms with Gasteiger partial charge in [0.15, 0.2) is 0 Å². The number of methoxy groups -OCH3 is 1. The Labute approximate surface area is 137 Å². The van der Waals surface area contributed by atoms with Crippen molar-refractivity contribution in [2.24, 2.45) is 0 Å². The molecule has 1 saturated heterocycles. The van der Waals surface area contributed by atoms with Gasteiger partial charge in [0.2, 0.25) is 5.91 Å². The van der Waals surface area contributed by atoms with Crippen LogP contribution in [0.15, 0.2) is 18.2 Å². The minimum Gasteiger partial charge on any atom is -0.496 e. The molecule has 2 N–H and O–H groups in total. The third kappa shape index (κ3) is 3.90. The van der Waals surface area contributed by atoms with E-state index < -0.39 is 29.3 Å². The summed E-state index contributed by atoms with van der Waals surface area (Å²) in [7, 11) is 1.22. The zero-order valence-corrected chi connectivity index (χ0v) is 13.3. The molecular weight excluding hydrogens is 330 g/mol. The number of halogens is 3. The highest BCUT2D eigenvalue weighted by molar-refractivity contribution is 6.30. The molecule has 0 aromatic heterocycles. The number of rotatable bonds is 4. The fourth-order valence-electron chi connectivity index (χ4n) is 2.37. The Kier molecular flexibility index (Phi) is 5.41. The molecule has 0 radical (unpaired) electrons. The highest BCUT2D eigenvalue weighted by Crippen LogP contribution is 2.37. The molecule has 1 aliphatic heterocycles. The van der Waals surface area contributed by atoms with E-state index in [1.54, 1.807) is 0 Å². The fraction of sp³-hybridized carbons (Fsp3) is 0.467. The van der Waals surface area contributed by atoms with Crippen LogP contribution in [-0.2, 0) is 15.5 Å². The number of benzene rings is 1. The number of ether oxygens (including phenoxy) is 1. The molecule has 1 aromatic rings. The van der Waals surface area contributed by atoms with Crippen LogP contribution in [0.5, 0.6) is 5.75 Å². The van der Waals surface area contributed by atoms with Gasteiger partial charge in [0.25, 0.3) is 5.91 Å². The molecule has 1 heterocycles. The maximum absolute atomic E-state index is 14.5. The molecule has 2 amide bonds. The van der Waals surface area contributed by atoms with Crippen LogP contribution in [0, 0.1) is 0 Å². The Morgan fingerprint density at radius 1 is 1.43 bits per heavy atom. The molecule has 2 rings (SSSR count). The van der Waals surface area contributed by atoms with Gasteiger partial charge >= 0.3 is 5.92 Å². The monoisotopic (exact) mass is 346 g/mol. The minimum atomic E-state index is -3.87. The largest absolute Gasteiger partial charge is 0.496 e. The van der Waals surface area contributed by atoms with E-state index in [0.29, 0.717) is 19.4 Å². The lowest BCUT2D eigenvalue weighted by Gasteiger charge is -2.22. The Morgan fingerprint density at radius 2 is 2.17 bits per heavy atom. The molecule has 1 fully saturated rings. The minimum absolute atomic E-state index is 0.0560. The summed E-state index contributed by atoms with van der Waals surface area (Å²) >= 11 is 5.74. The van der Waals surface area contributed by atoms with Crippen molar-refractivity contribution in [2.45, 2.75) is 31.2 Å². The summed E-state index contributed by atoms with van der Waals surface area (Å²) in [6.07, 6.45) is 1.73. The molecule has 8 heteroatoms. The van der Waals surface area contributed by atoms with Crippen LogP contribution in [0.3, 0.4) is 0 Å². The maximum Gasteiger partial charge on any atom is 0.353 e. The van der Waals surface area contributed by atoms with E-state index in [-0.39, 0.29) is 10.8 Å². The summed E-state index contributed by atoms with van der Waals surface area (Å²) in [6.45, 7) is 0.476. The molecule has 0 saturated carbocycles. The zero-order valence-electron chi connectivity index (χ0n) is 12.5. The Balaban J connectivity index is 2.23. The van der Waals surface area contributed by atoms with Crippen molar-refractivity contribution in [3.05, 3.63) is 28.8 Å². The number of carbonyl (C=O) groups is 2. The molecule has 23 heavy (non-hydrogen) atoms. The van der Waals surface area contributed by atoms with Crippen molar-refractivity contribution in [1.29, 1.82) is 0 Å². The van der Waals surface area contributed by atoms with Gasteiger partial charge in [0, 0.05) is 11.6 Å². The summed E-state index contributed by atoms with van der Waals surface area (Å²) in [4.78, 5) is 23.8. The lowest BCUT2D eigenvalue weighted by Crippen LogP contribution is -2.50. The number of nitrogens with one attached hydrogen (secondary N) is 2. The quantitative estimate of drug-likeness (QED) is 0.878. The van der Waals surface area contributed by atoms with E-state index in [0.717, 1.165) is 12.5 Å². The van der Waals surface area contributed by atoms with Crippen molar-refractivity contribution >= 4 is 23.4 Å². The molecule has 1 aromatic carbocycles. The SMILES string of the molecule is COc1ccc(Cl)cc1C(F)(F)C(=O)NC1CCCCNC1=O. The number of carbonyl (C=O) groups excluding carboxylic acids is 2. The van der Waals surface area contributed by atoms with Gasteiger partial charge in [-0.15, -0.1) is 0 Å². The third-order valence-electron chi connectivity index (χ3n) is 3.63. The second-order valence-electron chi connectivity index (χ2n) is 5.23. The third-order valence-corrected chi connectivity index (χ3v) is 3.86. The number of amides is 2. The van der Waals surface area contributed by atoms with E-state index in [4.69, 9.17) is 16.3 Å². The summed E-state index contributed by atoms with van der Waals surface area (Å²) < 4.78 is 33.8. The van der Waals surface area contributed by atoms with E-state index >= 15 is 0 Å². The molecule has 1 unspecified atom stereocenters. The second-order valence-corrected chi connectivity index (χ2v) is 5.67. The highest BCUT2D eigenvalue weighted by atomic mass is 35.5. The first-order valence-electron chi connectivity index (χ1n) is 7.16. The molecular formula is C15H17ClF2N2O3. The van der Waals surface area contributed by atoms with Gasteiger partial charge < -0.3 is 15.4 Å². The standard InChI is InChI=1S/C15H17ClF2N2O3/c1-23-12-6-5-9(16)8-10(12)15(17,18)14(22)20-11-4-2-3-7-19-13(11)21/h5-6,8,11H,2-4,7H2,1H3,(H,19,21)(H,20,22). The van der Waals surface area contributed by atoms with Gasteiger partial charge in [-0.3, -0.25) is 9.59 Å². The summed E-state index contributed by atoms with van der Waals surface area (Å²) in [5, 5.41) is 4.75. The van der Waals surface area contributed by atoms with Gasteiger partial charge in [-0.05, 0) is 37.5 Å². The maximum atomic E-state index is 14.5. The van der Waals surface area contributed by atoms with Gasteiger partial charge in [-0.2, -0.15) is 8.78 Å². The lowest BCUT2D eigenvalue weighted by atomic mass is 10.0. The van der Waals surface area contributed by atoms with E-state index in [1.165, 1.54) is 19.2 Å². The molecule has 126 valence electrons. The molecule has 5 nitrogen and oxygen atoms in total. The number of hydrogen-bond acceptors (Lipinski definition) is 3. The molecule has 0 spiro atoms. The van der Waals surface area contributed by atoms with Crippen LogP contribution >= 0.6 is 11.6 Å². The van der Waals surface area contributed by atoms with Crippen molar-refractivity contribution in [1.82, 2.24) is 10.6 Å². The van der Waals surface area contributed by atoms with E-state index in [9.17, 15) is 18.4 Å². The van der Waals surface area contributed by atoms with E-state index in [2.05, 4.69) is 10.6 Å². The van der Waals surface area contributed by atoms with Crippen LogP contribution in [-0.4, -0.2) is 31.5 Å². The van der Waals surface area contributed by atoms with Crippen LogP contribution in [0.2, 0.25) is 5.02 Å². The molecule has 1 aliphatic rings. The second kappa shape index (κ2) is 7.12. The lowest BCUT2D eigenvalue weighted by molar-refractivity contribution is -0.149. The topological polar surface area (TPSA) is 67.4 Å². The summed E-state index contributed by atoms with van der Waals surface area (Å²) in [5.41, 5.74) is -0.640. The van der Waals surface area contributed by atoms with Crippen molar-refractivity contribution in [3.8, 4) is 5.75 Å². The summed E-state index contributed by atoms with van der Waals surface area (Å²) in [5.74, 6) is -6.03. The van der Waals surface area contributed by atoms with Crippen LogP contribution < -0.4 is 15.4 Å². The predicted octanol–water partition coefficient (Wildman–Crippen LogP) is 2.23. The molecule has 0 bridgehead atoms. The van der Waals surface area contributed by atoms with E-state index in [1.807, 2.05) is 0 Å². The average Bonchev–Trinajstić information content (AvgIpc) is 2.72. The first-order valence-corrected chi connectivity index (χ1v) is 7.54. The average molecular weight is 347 g/mol. The normalized spacial score (nSPS) is 18.8. The van der Waals surface area contributed by atoms with Crippen LogP contribution in [0.25, 0.3) is 0 Å². The van der Waals surface area contributed by atoms with Gasteiger partial charge in [0.1, 0.15) is 11.8 Å². The van der Waals surface area contributed by atoms with Crippen LogP contribution in [0.1, 0.15) is 24.8 Å². The van der Waals surface area contributed by atoms with Gasteiger partial charge in [-0.25, -0.2) is 0 Å². The predicted molar refractivity (Wildman–Crippen MR) is 80.7 cm³/mol. The Bertz CT molecular complexity index is 610. The van der Waals surface area contributed by atoms with Gasteiger partial charge in [0.05, 0.1) is 12.7 Å². The highest BCUT2D eigenvalue weighted by Gasteiger charge is 2.45. The zero-order chi connectivity index (χ0) is 17.0. The fourth-order valence-corrected chi connectivity index (χ4v) is 2.55. The van der Waals surface area contributed by atoms with Crippen molar-refractivity contribution in [3.63, 3.8) is 0 Å². The first-order chi connectivity index (χ1) is 10.9. The Hall–Kier alpha value is -1.89. The molecule has 1 atom stereocenters. The van der Waals surface area contributed by atoms with Crippen LogP contribution in [0.4, 0.5) is 8.78 Å². The van der Waals surface area contributed by atoms with Crippen molar-refractivity contribution in [2.75, 3.05) is 13.7 Å². The van der Waals surface area contributed by atoms with Crippen molar-refractivity contribution < 1.29 is 23.1 Å². The smallest absolute Gasteiger partial charge is 0.353 e. The number of alkyl halides is 2.